The Balaban J connectivity index is 1.79. The Bertz CT molecular complexity index is 1680. The molecule has 0 radical (unpaired) electrons. The van der Waals surface area contributed by atoms with Crippen LogP contribution in [0.25, 0.3) is 11.1 Å². The molecule has 0 N–H and O–H groups in total. The third kappa shape index (κ3) is 4.81. The number of benzene rings is 3. The number of thioether (sulfide) groups is 1. The number of Topliss-reactive ketones (excluding diaryl/α,β-unsaturated/α-hetero) is 1. The SMILES string of the molecule is COc1ccc(F)c(-c2c(C)c(Cc3c(F)cccc3C(F)(F)F)c3n(c2=O)C(C(=O)c2ccccc2)CS3)c1. The topological polar surface area (TPSA) is 48.3 Å². The lowest BCUT2D eigenvalue weighted by atomic mass is 9.92. The molecule has 10 heteroatoms. The van der Waals surface area contributed by atoms with Gasteiger partial charge in [-0.25, -0.2) is 8.78 Å². The first-order chi connectivity index (χ1) is 19.0. The van der Waals surface area contributed by atoms with Crippen LogP contribution < -0.4 is 10.3 Å². The van der Waals surface area contributed by atoms with E-state index >= 15 is 4.39 Å². The van der Waals surface area contributed by atoms with Gasteiger partial charge in [0, 0.05) is 28.9 Å². The maximum absolute atomic E-state index is 15.2. The van der Waals surface area contributed by atoms with Gasteiger partial charge in [0.15, 0.2) is 5.78 Å². The van der Waals surface area contributed by atoms with E-state index in [1.165, 1.54) is 30.7 Å². The van der Waals surface area contributed by atoms with Gasteiger partial charge in [-0.2, -0.15) is 13.2 Å². The number of ether oxygens (including phenoxy) is 1. The van der Waals surface area contributed by atoms with Gasteiger partial charge >= 0.3 is 6.18 Å². The zero-order valence-corrected chi connectivity index (χ0v) is 22.1. The Morgan fingerprint density at radius 2 is 1.73 bits per heavy atom. The largest absolute Gasteiger partial charge is 0.497 e. The van der Waals surface area contributed by atoms with Crippen LogP contribution in [0.5, 0.6) is 5.75 Å². The molecule has 1 atom stereocenters. The lowest BCUT2D eigenvalue weighted by molar-refractivity contribution is -0.138. The van der Waals surface area contributed by atoms with Gasteiger partial charge in [-0.15, -0.1) is 11.8 Å². The van der Waals surface area contributed by atoms with Crippen molar-refractivity contribution in [2.75, 3.05) is 12.9 Å². The average molecular weight is 572 g/mol. The van der Waals surface area contributed by atoms with Gasteiger partial charge in [0.25, 0.3) is 5.56 Å². The number of carbonyl (C=O) groups is 1. The van der Waals surface area contributed by atoms with Crippen molar-refractivity contribution in [3.8, 4) is 16.9 Å². The molecular weight excluding hydrogens is 549 g/mol. The number of rotatable bonds is 6. The lowest BCUT2D eigenvalue weighted by Crippen LogP contribution is -2.31. The molecule has 2 heterocycles. The van der Waals surface area contributed by atoms with Gasteiger partial charge in [0.05, 0.1) is 23.3 Å². The number of fused-ring (bicyclic) bond motifs is 1. The molecule has 5 rings (SSSR count). The molecule has 1 aliphatic heterocycles. The minimum absolute atomic E-state index is 0.128. The van der Waals surface area contributed by atoms with E-state index in [0.29, 0.717) is 5.56 Å². The Kier molecular flexibility index (Phi) is 7.31. The number of hydrogen-bond acceptors (Lipinski definition) is 4. The molecule has 1 aromatic heterocycles. The Labute approximate surface area is 230 Å². The van der Waals surface area contributed by atoms with E-state index in [0.717, 1.165) is 36.0 Å². The van der Waals surface area contributed by atoms with Gasteiger partial charge in [-0.05, 0) is 48.4 Å². The summed E-state index contributed by atoms with van der Waals surface area (Å²) in [7, 11) is 1.37. The molecule has 4 nitrogen and oxygen atoms in total. The third-order valence-corrected chi connectivity index (χ3v) is 8.21. The molecule has 40 heavy (non-hydrogen) atoms. The molecule has 3 aromatic carbocycles. The van der Waals surface area contributed by atoms with E-state index in [2.05, 4.69) is 0 Å². The Hall–Kier alpha value is -3.92. The van der Waals surface area contributed by atoms with E-state index in [1.807, 2.05) is 0 Å². The van der Waals surface area contributed by atoms with Crippen LogP contribution in [0, 0.1) is 18.6 Å². The number of nitrogens with zero attached hydrogens (tertiary/aromatic N) is 1. The molecule has 0 fully saturated rings. The maximum atomic E-state index is 15.2. The minimum atomic E-state index is -4.83. The molecule has 1 aliphatic rings. The van der Waals surface area contributed by atoms with Crippen LogP contribution in [-0.2, 0) is 12.6 Å². The molecule has 0 saturated carbocycles. The number of hydrogen-bond donors (Lipinski definition) is 0. The molecular formula is C30H22F5NO3S. The van der Waals surface area contributed by atoms with Gasteiger partial charge in [-0.1, -0.05) is 36.4 Å². The first kappa shape index (κ1) is 27.6. The summed E-state index contributed by atoms with van der Waals surface area (Å²) in [4.78, 5) is 27.5. The van der Waals surface area contributed by atoms with E-state index in [-0.39, 0.29) is 44.6 Å². The second-order valence-electron chi connectivity index (χ2n) is 9.30. The molecule has 206 valence electrons. The van der Waals surface area contributed by atoms with Crippen molar-refractivity contribution in [2.45, 2.75) is 30.6 Å². The summed E-state index contributed by atoms with van der Waals surface area (Å²) in [5, 5.41) is 0.250. The summed E-state index contributed by atoms with van der Waals surface area (Å²) >= 11 is 1.13. The second-order valence-corrected chi connectivity index (χ2v) is 10.3. The molecule has 4 aromatic rings. The van der Waals surface area contributed by atoms with E-state index < -0.39 is 47.0 Å². The first-order valence-corrected chi connectivity index (χ1v) is 13.2. The smallest absolute Gasteiger partial charge is 0.416 e. The van der Waals surface area contributed by atoms with Crippen molar-refractivity contribution in [3.63, 3.8) is 0 Å². The number of methoxy groups -OCH3 is 1. The van der Waals surface area contributed by atoms with Crippen molar-refractivity contribution in [1.82, 2.24) is 4.57 Å². The van der Waals surface area contributed by atoms with E-state index in [1.54, 1.807) is 30.3 Å². The van der Waals surface area contributed by atoms with Gasteiger partial charge in [-0.3, -0.25) is 14.2 Å². The number of ketones is 1. The second kappa shape index (κ2) is 10.6. The van der Waals surface area contributed by atoms with Crippen LogP contribution in [0.2, 0.25) is 0 Å². The standard InChI is InChI=1S/C30H22F5NO3S/c1-16-19(14-20-22(30(33,34)35)9-6-10-23(20)31)29-36(25(15-40-29)27(37)17-7-4-3-5-8-17)28(38)26(16)21-13-18(39-2)11-12-24(21)32/h3-13,25H,14-15H2,1-2H3. The highest BCUT2D eigenvalue weighted by Crippen LogP contribution is 2.42. The molecule has 1 unspecified atom stereocenters. The predicted octanol–water partition coefficient (Wildman–Crippen LogP) is 7.25. The van der Waals surface area contributed by atoms with Crippen LogP contribution >= 0.6 is 11.8 Å². The summed E-state index contributed by atoms with van der Waals surface area (Å²) < 4.78 is 78.2. The zero-order chi connectivity index (χ0) is 28.8. The highest BCUT2D eigenvalue weighted by molar-refractivity contribution is 7.99. The highest BCUT2D eigenvalue weighted by Gasteiger charge is 2.38. The molecule has 0 spiro atoms. The van der Waals surface area contributed by atoms with Crippen molar-refractivity contribution >= 4 is 17.5 Å². The molecule has 0 bridgehead atoms. The molecule has 0 aliphatic carbocycles. The van der Waals surface area contributed by atoms with Crippen molar-refractivity contribution in [3.05, 3.63) is 117 Å². The van der Waals surface area contributed by atoms with Crippen LogP contribution in [0.1, 0.15) is 38.7 Å². The fourth-order valence-electron chi connectivity index (χ4n) is 5.02. The van der Waals surface area contributed by atoms with Crippen molar-refractivity contribution in [2.24, 2.45) is 0 Å². The van der Waals surface area contributed by atoms with E-state index in [4.69, 9.17) is 4.74 Å². The van der Waals surface area contributed by atoms with Crippen LogP contribution in [0.4, 0.5) is 22.0 Å². The molecule has 0 saturated heterocycles. The van der Waals surface area contributed by atoms with Gasteiger partial charge in [0.2, 0.25) is 0 Å². The van der Waals surface area contributed by atoms with Crippen molar-refractivity contribution < 1.29 is 31.5 Å². The quantitative estimate of drug-likeness (QED) is 0.181. The van der Waals surface area contributed by atoms with Crippen LogP contribution in [-0.4, -0.2) is 23.2 Å². The van der Waals surface area contributed by atoms with Gasteiger partial charge < -0.3 is 4.74 Å². The predicted molar refractivity (Wildman–Crippen MR) is 142 cm³/mol. The third-order valence-electron chi connectivity index (χ3n) is 7.01. The fourth-order valence-corrected chi connectivity index (χ4v) is 6.38. The summed E-state index contributed by atoms with van der Waals surface area (Å²) in [6.45, 7) is 1.49. The summed E-state index contributed by atoms with van der Waals surface area (Å²) in [5.41, 5.74) is -1.94. The fraction of sp³-hybridized carbons (Fsp3) is 0.200. The summed E-state index contributed by atoms with van der Waals surface area (Å²) in [6, 6.07) is 13.8. The highest BCUT2D eigenvalue weighted by atomic mass is 32.2. The zero-order valence-electron chi connectivity index (χ0n) is 21.3. The number of aromatic nitrogens is 1. The van der Waals surface area contributed by atoms with E-state index in [9.17, 15) is 27.2 Å². The normalized spacial score (nSPS) is 14.7. The summed E-state index contributed by atoms with van der Waals surface area (Å²) in [5.74, 6) is -1.81. The first-order valence-electron chi connectivity index (χ1n) is 12.2. The maximum Gasteiger partial charge on any atom is 0.416 e. The summed E-state index contributed by atoms with van der Waals surface area (Å²) in [6.07, 6.45) is -5.36. The average Bonchev–Trinajstić information content (AvgIpc) is 3.37. The number of halogens is 5. The number of alkyl halides is 3. The lowest BCUT2D eigenvalue weighted by Gasteiger charge is -2.21. The molecule has 0 amide bonds. The monoisotopic (exact) mass is 571 g/mol. The van der Waals surface area contributed by atoms with Crippen LogP contribution in [0.3, 0.4) is 0 Å². The van der Waals surface area contributed by atoms with Gasteiger partial charge in [0.1, 0.15) is 23.4 Å². The minimum Gasteiger partial charge on any atom is -0.497 e. The Morgan fingerprint density at radius 3 is 2.40 bits per heavy atom. The number of carbonyl (C=O) groups excluding carboxylic acids is 1. The Morgan fingerprint density at radius 1 is 1.00 bits per heavy atom. The van der Waals surface area contributed by atoms with Crippen molar-refractivity contribution in [1.29, 1.82) is 0 Å². The van der Waals surface area contributed by atoms with Crippen LogP contribution in [0.15, 0.2) is 76.6 Å². The number of pyridine rings is 1.